The number of carbonyl (C=O) groups is 1. The van der Waals surface area contributed by atoms with E-state index >= 15 is 0 Å². The van der Waals surface area contributed by atoms with E-state index in [4.69, 9.17) is 0 Å². The van der Waals surface area contributed by atoms with Crippen molar-refractivity contribution in [2.75, 3.05) is 32.7 Å². The Bertz CT molecular complexity index is 940. The molecule has 0 spiro atoms. The lowest BCUT2D eigenvalue weighted by Crippen LogP contribution is -2.48. The molecule has 1 N–H and O–H groups in total. The highest BCUT2D eigenvalue weighted by Crippen LogP contribution is 2.16. The zero-order valence-corrected chi connectivity index (χ0v) is 17.8. The summed E-state index contributed by atoms with van der Waals surface area (Å²) in [7, 11) is -3.62. The number of sulfonamides is 1. The molecule has 0 aliphatic carbocycles. The Balaban J connectivity index is 1.45. The lowest BCUT2D eigenvalue weighted by molar-refractivity contribution is -0.132. The first-order valence-corrected chi connectivity index (χ1v) is 11.3. The van der Waals surface area contributed by atoms with Crippen LogP contribution in [0.5, 0.6) is 0 Å². The van der Waals surface area contributed by atoms with Gasteiger partial charge in [0.1, 0.15) is 0 Å². The number of hydrogen-bond donors (Lipinski definition) is 1. The maximum Gasteiger partial charge on any atom is 0.240 e. The fourth-order valence-electron chi connectivity index (χ4n) is 3.43. The predicted molar refractivity (Wildman–Crippen MR) is 112 cm³/mol. The second-order valence-electron chi connectivity index (χ2n) is 7.43. The van der Waals surface area contributed by atoms with Crippen LogP contribution in [0.3, 0.4) is 0 Å². The molecular weight excluding hydrogens is 388 g/mol. The standard InChI is InChI=1S/C21H28N4O3S/c1-17-5-6-18(2)20(14-17)29(27,28)23-9-7-21(26)25-12-10-24(11-13-25)16-19-4-3-8-22-15-19/h3-6,8,14-15,23H,7,9-13,16H2,1-2H3. The van der Waals surface area contributed by atoms with Crippen molar-refractivity contribution in [1.82, 2.24) is 19.5 Å². The van der Waals surface area contributed by atoms with E-state index in [1.807, 2.05) is 36.2 Å². The molecule has 1 fully saturated rings. The molecule has 0 bridgehead atoms. The second kappa shape index (κ2) is 9.47. The van der Waals surface area contributed by atoms with Gasteiger partial charge in [0.15, 0.2) is 0 Å². The van der Waals surface area contributed by atoms with E-state index in [0.29, 0.717) is 18.7 Å². The Labute approximate surface area is 172 Å². The van der Waals surface area contributed by atoms with Crippen LogP contribution in [0.25, 0.3) is 0 Å². The van der Waals surface area contributed by atoms with Crippen LogP contribution in [0.1, 0.15) is 23.1 Å². The molecule has 1 aliphatic heterocycles. The molecule has 8 heteroatoms. The first kappa shape index (κ1) is 21.4. The Kier molecular flexibility index (Phi) is 7.00. The van der Waals surface area contributed by atoms with Crippen LogP contribution in [0.15, 0.2) is 47.6 Å². The molecule has 0 radical (unpaired) electrons. The van der Waals surface area contributed by atoms with Crippen LogP contribution in [-0.4, -0.2) is 61.8 Å². The third kappa shape index (κ3) is 5.85. The normalized spacial score (nSPS) is 15.4. The van der Waals surface area contributed by atoms with Gasteiger partial charge in [-0.2, -0.15) is 0 Å². The number of nitrogens with zero attached hydrogens (tertiary/aromatic N) is 3. The van der Waals surface area contributed by atoms with Crippen LogP contribution in [0, 0.1) is 13.8 Å². The maximum absolute atomic E-state index is 12.5. The number of piperazine rings is 1. The maximum atomic E-state index is 12.5. The Morgan fingerprint density at radius 3 is 2.59 bits per heavy atom. The number of benzene rings is 1. The Morgan fingerprint density at radius 1 is 1.14 bits per heavy atom. The molecule has 0 atom stereocenters. The van der Waals surface area contributed by atoms with Gasteiger partial charge in [-0.1, -0.05) is 18.2 Å². The molecule has 1 aromatic carbocycles. The van der Waals surface area contributed by atoms with Crippen molar-refractivity contribution in [3.05, 3.63) is 59.4 Å². The van der Waals surface area contributed by atoms with Crippen LogP contribution >= 0.6 is 0 Å². The smallest absolute Gasteiger partial charge is 0.240 e. The molecule has 1 aliphatic rings. The van der Waals surface area contributed by atoms with Crippen molar-refractivity contribution in [1.29, 1.82) is 0 Å². The Hall–Kier alpha value is -2.29. The average Bonchev–Trinajstić information content (AvgIpc) is 2.71. The highest BCUT2D eigenvalue weighted by Gasteiger charge is 2.22. The monoisotopic (exact) mass is 416 g/mol. The summed E-state index contributed by atoms with van der Waals surface area (Å²) in [5.74, 6) is -0.0188. The average molecular weight is 417 g/mol. The summed E-state index contributed by atoms with van der Waals surface area (Å²) in [6.07, 6.45) is 3.78. The van der Waals surface area contributed by atoms with E-state index in [1.165, 1.54) is 0 Å². The summed E-state index contributed by atoms with van der Waals surface area (Å²) in [4.78, 5) is 21.0. The van der Waals surface area contributed by atoms with E-state index in [2.05, 4.69) is 14.6 Å². The van der Waals surface area contributed by atoms with E-state index in [0.717, 1.165) is 30.8 Å². The van der Waals surface area contributed by atoms with Gasteiger partial charge in [-0.05, 0) is 42.7 Å². The molecule has 2 heterocycles. The van der Waals surface area contributed by atoms with Crippen molar-refractivity contribution >= 4 is 15.9 Å². The van der Waals surface area contributed by atoms with Crippen LogP contribution in [0.4, 0.5) is 0 Å². The molecule has 7 nitrogen and oxygen atoms in total. The minimum absolute atomic E-state index is 0.0188. The van der Waals surface area contributed by atoms with Gasteiger partial charge < -0.3 is 4.90 Å². The third-order valence-electron chi connectivity index (χ3n) is 5.12. The van der Waals surface area contributed by atoms with E-state index in [9.17, 15) is 13.2 Å². The molecule has 156 valence electrons. The molecule has 1 aromatic heterocycles. The number of pyridine rings is 1. The third-order valence-corrected chi connectivity index (χ3v) is 6.72. The summed E-state index contributed by atoms with van der Waals surface area (Å²) < 4.78 is 27.6. The van der Waals surface area contributed by atoms with Gasteiger partial charge in [0.05, 0.1) is 4.90 Å². The molecule has 1 amide bonds. The van der Waals surface area contributed by atoms with Gasteiger partial charge in [0.25, 0.3) is 0 Å². The summed E-state index contributed by atoms with van der Waals surface area (Å²) >= 11 is 0. The SMILES string of the molecule is Cc1ccc(C)c(S(=O)(=O)NCCC(=O)N2CCN(Cc3cccnc3)CC2)c1. The summed E-state index contributed by atoms with van der Waals surface area (Å²) in [5, 5.41) is 0. The summed E-state index contributed by atoms with van der Waals surface area (Å²) in [6, 6.07) is 9.30. The van der Waals surface area contributed by atoms with Gasteiger partial charge in [-0.15, -0.1) is 0 Å². The molecule has 0 saturated carbocycles. The zero-order valence-electron chi connectivity index (χ0n) is 17.0. The molecule has 3 rings (SSSR count). The lowest BCUT2D eigenvalue weighted by Gasteiger charge is -2.34. The minimum atomic E-state index is -3.62. The number of carbonyl (C=O) groups excluding carboxylic acids is 1. The first-order chi connectivity index (χ1) is 13.8. The van der Waals surface area contributed by atoms with Crippen molar-refractivity contribution in [2.45, 2.75) is 31.7 Å². The fourth-order valence-corrected chi connectivity index (χ4v) is 4.79. The largest absolute Gasteiger partial charge is 0.340 e. The summed E-state index contributed by atoms with van der Waals surface area (Å²) in [6.45, 7) is 7.46. The van der Waals surface area contributed by atoms with E-state index in [1.54, 1.807) is 25.3 Å². The molecule has 0 unspecified atom stereocenters. The number of amides is 1. The van der Waals surface area contributed by atoms with Crippen LogP contribution < -0.4 is 4.72 Å². The van der Waals surface area contributed by atoms with Crippen molar-refractivity contribution < 1.29 is 13.2 Å². The van der Waals surface area contributed by atoms with Crippen molar-refractivity contribution in [3.63, 3.8) is 0 Å². The van der Waals surface area contributed by atoms with E-state index < -0.39 is 10.0 Å². The highest BCUT2D eigenvalue weighted by molar-refractivity contribution is 7.89. The number of rotatable bonds is 7. The fraction of sp³-hybridized carbons (Fsp3) is 0.429. The minimum Gasteiger partial charge on any atom is -0.340 e. The van der Waals surface area contributed by atoms with Crippen molar-refractivity contribution in [2.24, 2.45) is 0 Å². The number of aromatic nitrogens is 1. The zero-order chi connectivity index (χ0) is 20.9. The number of aryl methyl sites for hydroxylation is 2. The van der Waals surface area contributed by atoms with Crippen LogP contribution in [-0.2, 0) is 21.4 Å². The highest BCUT2D eigenvalue weighted by atomic mass is 32.2. The quantitative estimate of drug-likeness (QED) is 0.743. The van der Waals surface area contributed by atoms with Gasteiger partial charge in [0.2, 0.25) is 15.9 Å². The number of nitrogens with one attached hydrogen (secondary N) is 1. The molecule has 1 saturated heterocycles. The first-order valence-electron chi connectivity index (χ1n) is 9.81. The van der Waals surface area contributed by atoms with Gasteiger partial charge in [-0.25, -0.2) is 13.1 Å². The molecule has 29 heavy (non-hydrogen) atoms. The van der Waals surface area contributed by atoms with Gasteiger partial charge in [-0.3, -0.25) is 14.7 Å². The molecule has 2 aromatic rings. The lowest BCUT2D eigenvalue weighted by atomic mass is 10.2. The second-order valence-corrected chi connectivity index (χ2v) is 9.17. The van der Waals surface area contributed by atoms with Crippen LogP contribution in [0.2, 0.25) is 0 Å². The summed E-state index contributed by atoms with van der Waals surface area (Å²) in [5.41, 5.74) is 2.74. The van der Waals surface area contributed by atoms with Gasteiger partial charge >= 0.3 is 0 Å². The number of hydrogen-bond acceptors (Lipinski definition) is 5. The van der Waals surface area contributed by atoms with Gasteiger partial charge in [0, 0.05) is 58.1 Å². The van der Waals surface area contributed by atoms with Crippen molar-refractivity contribution in [3.8, 4) is 0 Å². The topological polar surface area (TPSA) is 82.6 Å². The Morgan fingerprint density at radius 2 is 1.90 bits per heavy atom. The molecular formula is C21H28N4O3S. The predicted octanol–water partition coefficient (Wildman–Crippen LogP) is 1.71. The van der Waals surface area contributed by atoms with E-state index in [-0.39, 0.29) is 23.8 Å².